The first-order valence-electron chi connectivity index (χ1n) is 6.98. The van der Waals surface area contributed by atoms with Crippen molar-refractivity contribution >= 4 is 17.3 Å². The minimum absolute atomic E-state index is 0.115. The van der Waals surface area contributed by atoms with Crippen LogP contribution in [0.4, 0.5) is 15.8 Å². The molecule has 2 N–H and O–H groups in total. The molecule has 4 nitrogen and oxygen atoms in total. The normalized spacial score (nSPS) is 10.7. The Morgan fingerprint density at radius 1 is 1.40 bits per heavy atom. The van der Waals surface area contributed by atoms with Crippen LogP contribution in [-0.4, -0.2) is 32.1 Å². The molecule has 0 fully saturated rings. The smallest absolute Gasteiger partial charge is 0.225 e. The van der Waals surface area contributed by atoms with Gasteiger partial charge in [-0.25, -0.2) is 4.39 Å². The summed E-state index contributed by atoms with van der Waals surface area (Å²) in [6.45, 7) is 7.43. The van der Waals surface area contributed by atoms with Gasteiger partial charge in [0.2, 0.25) is 5.91 Å². The predicted octanol–water partition coefficient (Wildman–Crippen LogP) is 2.61. The average molecular weight is 281 g/mol. The molecule has 0 aliphatic rings. The molecule has 1 aromatic rings. The van der Waals surface area contributed by atoms with Crippen LogP contribution in [-0.2, 0) is 4.79 Å². The van der Waals surface area contributed by atoms with Crippen molar-refractivity contribution in [2.45, 2.75) is 33.2 Å². The summed E-state index contributed by atoms with van der Waals surface area (Å²) in [5, 5.41) is 5.77. The molecule has 112 valence electrons. The zero-order chi connectivity index (χ0) is 15.1. The van der Waals surface area contributed by atoms with E-state index in [1.165, 1.54) is 6.07 Å². The highest BCUT2D eigenvalue weighted by Crippen LogP contribution is 2.23. The maximum Gasteiger partial charge on any atom is 0.225 e. The number of amides is 1. The summed E-state index contributed by atoms with van der Waals surface area (Å²) in [4.78, 5) is 13.5. The van der Waals surface area contributed by atoms with E-state index in [4.69, 9.17) is 0 Å². The number of rotatable bonds is 7. The number of benzene rings is 1. The highest BCUT2D eigenvalue weighted by Gasteiger charge is 2.11. The van der Waals surface area contributed by atoms with E-state index in [0.717, 1.165) is 6.54 Å². The fraction of sp³-hybridized carbons (Fsp3) is 0.533. The molecule has 5 heteroatoms. The quantitative estimate of drug-likeness (QED) is 0.755. The Bertz CT molecular complexity index is 449. The standard InChI is InChI=1S/C15H24FN3O/c1-5-17-9-8-15(20)18-12-6-7-14(13(16)10-12)19(4)11(2)3/h6-7,10-11,17H,5,8-9H2,1-4H3,(H,18,20). The molecular weight excluding hydrogens is 257 g/mol. The summed E-state index contributed by atoms with van der Waals surface area (Å²) in [6.07, 6.45) is 0.378. The number of hydrogen-bond donors (Lipinski definition) is 2. The second-order valence-corrected chi connectivity index (χ2v) is 5.02. The molecular formula is C15H24FN3O. The summed E-state index contributed by atoms with van der Waals surface area (Å²) in [5.74, 6) is -0.444. The van der Waals surface area contributed by atoms with Crippen LogP contribution in [0.25, 0.3) is 0 Å². The SMILES string of the molecule is CCNCCC(=O)Nc1ccc(N(C)C(C)C)c(F)c1. The zero-order valence-corrected chi connectivity index (χ0v) is 12.7. The number of nitrogens with zero attached hydrogens (tertiary/aromatic N) is 1. The van der Waals surface area contributed by atoms with Crippen LogP contribution in [0, 0.1) is 5.82 Å². The van der Waals surface area contributed by atoms with E-state index in [1.54, 1.807) is 12.1 Å². The molecule has 0 heterocycles. The average Bonchev–Trinajstić information content (AvgIpc) is 2.38. The van der Waals surface area contributed by atoms with Crippen molar-refractivity contribution in [1.29, 1.82) is 0 Å². The molecule has 0 bridgehead atoms. The van der Waals surface area contributed by atoms with Gasteiger partial charge in [0.05, 0.1) is 5.69 Å². The van der Waals surface area contributed by atoms with Gasteiger partial charge in [-0.3, -0.25) is 4.79 Å². The number of nitrogens with one attached hydrogen (secondary N) is 2. The van der Waals surface area contributed by atoms with Gasteiger partial charge in [0.15, 0.2) is 0 Å². The molecule has 1 amide bonds. The number of hydrogen-bond acceptors (Lipinski definition) is 3. The van der Waals surface area contributed by atoms with E-state index >= 15 is 0 Å². The summed E-state index contributed by atoms with van der Waals surface area (Å²) in [6, 6.07) is 4.99. The van der Waals surface area contributed by atoms with Crippen molar-refractivity contribution < 1.29 is 9.18 Å². The lowest BCUT2D eigenvalue weighted by Crippen LogP contribution is -2.26. The van der Waals surface area contributed by atoms with Crippen LogP contribution >= 0.6 is 0 Å². The molecule has 1 rings (SSSR count). The Balaban J connectivity index is 2.65. The van der Waals surface area contributed by atoms with Crippen LogP contribution in [0.3, 0.4) is 0 Å². The van der Waals surface area contributed by atoms with E-state index in [1.807, 2.05) is 32.7 Å². The fourth-order valence-electron chi connectivity index (χ4n) is 1.75. The van der Waals surface area contributed by atoms with Crippen molar-refractivity contribution in [3.05, 3.63) is 24.0 Å². The van der Waals surface area contributed by atoms with Crippen molar-refractivity contribution in [3.63, 3.8) is 0 Å². The summed E-state index contributed by atoms with van der Waals surface area (Å²) >= 11 is 0. The number of carbonyl (C=O) groups excluding carboxylic acids is 1. The van der Waals surface area contributed by atoms with Crippen molar-refractivity contribution in [2.24, 2.45) is 0 Å². The Morgan fingerprint density at radius 3 is 2.65 bits per heavy atom. The van der Waals surface area contributed by atoms with Gasteiger partial charge in [0.1, 0.15) is 5.82 Å². The third-order valence-corrected chi connectivity index (χ3v) is 3.16. The van der Waals surface area contributed by atoms with Gasteiger partial charge in [0.25, 0.3) is 0 Å². The van der Waals surface area contributed by atoms with E-state index in [-0.39, 0.29) is 17.8 Å². The molecule has 0 atom stereocenters. The number of carbonyl (C=O) groups is 1. The third-order valence-electron chi connectivity index (χ3n) is 3.16. The monoisotopic (exact) mass is 281 g/mol. The van der Waals surface area contributed by atoms with Gasteiger partial charge in [0, 0.05) is 31.7 Å². The summed E-state index contributed by atoms with van der Waals surface area (Å²) < 4.78 is 14.0. The number of halogens is 1. The fourth-order valence-corrected chi connectivity index (χ4v) is 1.75. The highest BCUT2D eigenvalue weighted by molar-refractivity contribution is 5.91. The van der Waals surface area contributed by atoms with Gasteiger partial charge in [-0.05, 0) is 38.6 Å². The Morgan fingerprint density at radius 2 is 2.10 bits per heavy atom. The Kier molecular flexibility index (Phi) is 6.45. The molecule has 0 aromatic heterocycles. The lowest BCUT2D eigenvalue weighted by atomic mass is 10.2. The predicted molar refractivity (Wildman–Crippen MR) is 81.7 cm³/mol. The second kappa shape index (κ2) is 7.85. The molecule has 0 saturated carbocycles. The van der Waals surface area contributed by atoms with Crippen molar-refractivity contribution in [3.8, 4) is 0 Å². The molecule has 0 aliphatic heterocycles. The van der Waals surface area contributed by atoms with E-state index in [0.29, 0.717) is 24.3 Å². The maximum absolute atomic E-state index is 14.0. The first-order valence-corrected chi connectivity index (χ1v) is 6.98. The topological polar surface area (TPSA) is 44.4 Å². The van der Waals surface area contributed by atoms with Crippen molar-refractivity contribution in [1.82, 2.24) is 5.32 Å². The van der Waals surface area contributed by atoms with Crippen LogP contribution < -0.4 is 15.5 Å². The minimum Gasteiger partial charge on any atom is -0.370 e. The number of anilines is 2. The molecule has 0 radical (unpaired) electrons. The van der Waals surface area contributed by atoms with Gasteiger partial charge < -0.3 is 15.5 Å². The third kappa shape index (κ3) is 4.81. The van der Waals surface area contributed by atoms with E-state index in [9.17, 15) is 9.18 Å². The molecule has 0 spiro atoms. The molecule has 0 unspecified atom stereocenters. The maximum atomic E-state index is 14.0. The van der Waals surface area contributed by atoms with Crippen LogP contribution in [0.5, 0.6) is 0 Å². The Hall–Kier alpha value is -1.62. The minimum atomic E-state index is -0.328. The molecule has 20 heavy (non-hydrogen) atoms. The Labute approximate surface area is 120 Å². The summed E-state index contributed by atoms with van der Waals surface area (Å²) in [7, 11) is 1.84. The zero-order valence-electron chi connectivity index (χ0n) is 12.7. The van der Waals surface area contributed by atoms with Crippen LogP contribution in [0.1, 0.15) is 27.2 Å². The largest absolute Gasteiger partial charge is 0.370 e. The highest BCUT2D eigenvalue weighted by atomic mass is 19.1. The first kappa shape index (κ1) is 16.4. The van der Waals surface area contributed by atoms with Gasteiger partial charge >= 0.3 is 0 Å². The summed E-state index contributed by atoms with van der Waals surface area (Å²) in [5.41, 5.74) is 1.02. The lowest BCUT2D eigenvalue weighted by Gasteiger charge is -2.24. The van der Waals surface area contributed by atoms with Gasteiger partial charge in [-0.1, -0.05) is 6.92 Å². The van der Waals surface area contributed by atoms with Crippen LogP contribution in [0.15, 0.2) is 18.2 Å². The first-order chi connectivity index (χ1) is 9.45. The van der Waals surface area contributed by atoms with E-state index < -0.39 is 0 Å². The molecule has 0 aliphatic carbocycles. The lowest BCUT2D eigenvalue weighted by molar-refractivity contribution is -0.116. The van der Waals surface area contributed by atoms with Gasteiger partial charge in [-0.2, -0.15) is 0 Å². The van der Waals surface area contributed by atoms with E-state index in [2.05, 4.69) is 10.6 Å². The van der Waals surface area contributed by atoms with Crippen molar-refractivity contribution in [2.75, 3.05) is 30.4 Å². The van der Waals surface area contributed by atoms with Crippen LogP contribution in [0.2, 0.25) is 0 Å². The molecule has 1 aromatic carbocycles. The second-order valence-electron chi connectivity index (χ2n) is 5.02. The van der Waals surface area contributed by atoms with Gasteiger partial charge in [-0.15, -0.1) is 0 Å². The molecule has 0 saturated heterocycles.